The number of carbonyl (C=O) groups is 2. The molecule has 0 saturated carbocycles. The van der Waals surface area contributed by atoms with Gasteiger partial charge in [-0.2, -0.15) is 0 Å². The van der Waals surface area contributed by atoms with E-state index in [4.69, 9.17) is 10.00 Å². The molecule has 0 aliphatic carbocycles. The summed E-state index contributed by atoms with van der Waals surface area (Å²) in [6, 6.07) is 7.78. The Balaban J connectivity index is 2.55. The second kappa shape index (κ2) is 7.22. The van der Waals surface area contributed by atoms with E-state index in [0.29, 0.717) is 0 Å². The number of hydrogen-bond acceptors (Lipinski definition) is 3. The molecule has 0 bridgehead atoms. The van der Waals surface area contributed by atoms with E-state index in [1.807, 2.05) is 6.07 Å². The highest BCUT2D eigenvalue weighted by Gasteiger charge is 2.22. The maximum absolute atomic E-state index is 11.7. The van der Waals surface area contributed by atoms with Gasteiger partial charge in [-0.25, -0.2) is 4.79 Å². The first kappa shape index (κ1) is 16.4. The first-order valence-electron chi connectivity index (χ1n) is 6.13. The van der Waals surface area contributed by atoms with Crippen LogP contribution in [0.25, 0.3) is 0 Å². The minimum Gasteiger partial charge on any atom is -0.480 e. The molecule has 20 heavy (non-hydrogen) atoms. The van der Waals surface area contributed by atoms with Crippen LogP contribution in [0.4, 0.5) is 0 Å². The van der Waals surface area contributed by atoms with Crippen molar-refractivity contribution < 1.29 is 24.2 Å². The van der Waals surface area contributed by atoms with Crippen LogP contribution in [0, 0.1) is 0 Å². The normalized spacial score (nSPS) is 15.1. The molecule has 0 aliphatic rings. The van der Waals surface area contributed by atoms with E-state index in [-0.39, 0.29) is 19.0 Å². The quantitative estimate of drug-likeness (QED) is 0.654. The molecule has 0 fully saturated rings. The number of carboxylic acids is 1. The minimum atomic E-state index is -3.28. The summed E-state index contributed by atoms with van der Waals surface area (Å²) >= 11 is 0. The largest absolute Gasteiger partial charge is 0.480 e. The van der Waals surface area contributed by atoms with Crippen LogP contribution >= 0.6 is 7.37 Å². The van der Waals surface area contributed by atoms with Gasteiger partial charge in [-0.3, -0.25) is 9.36 Å². The molecule has 2 atom stereocenters. The zero-order chi connectivity index (χ0) is 15.2. The van der Waals surface area contributed by atoms with Gasteiger partial charge in [0.15, 0.2) is 7.37 Å². The maximum Gasteiger partial charge on any atom is 0.326 e. The van der Waals surface area contributed by atoms with E-state index in [0.717, 1.165) is 12.2 Å². The SMILES string of the molecule is CP(=O)(O)CC[C@@H](NC(=O)Cc1ccccc1)C(=O)O. The molecule has 1 amide bonds. The Hall–Kier alpha value is -1.65. The number of benzene rings is 1. The standard InChI is InChI=1S/C13H18NO5P/c1-20(18,19)8-7-11(13(16)17)14-12(15)9-10-5-3-2-4-6-10/h2-6,11H,7-9H2,1H3,(H,14,15)(H,16,17)(H,18,19)/t11-/m1/s1. The second-order valence-corrected chi connectivity index (χ2v) is 7.23. The van der Waals surface area contributed by atoms with Crippen LogP contribution in [0.2, 0.25) is 0 Å². The van der Waals surface area contributed by atoms with E-state index < -0.39 is 25.3 Å². The lowest BCUT2D eigenvalue weighted by molar-refractivity contribution is -0.141. The Morgan fingerprint density at radius 3 is 2.40 bits per heavy atom. The van der Waals surface area contributed by atoms with Gasteiger partial charge in [0.05, 0.1) is 6.42 Å². The van der Waals surface area contributed by atoms with Gasteiger partial charge in [0.25, 0.3) is 0 Å². The summed E-state index contributed by atoms with van der Waals surface area (Å²) in [4.78, 5) is 31.9. The van der Waals surface area contributed by atoms with Crippen molar-refractivity contribution in [2.24, 2.45) is 0 Å². The van der Waals surface area contributed by atoms with E-state index in [9.17, 15) is 14.2 Å². The fraction of sp³-hybridized carbons (Fsp3) is 0.385. The van der Waals surface area contributed by atoms with Crippen molar-refractivity contribution in [3.05, 3.63) is 35.9 Å². The summed E-state index contributed by atoms with van der Waals surface area (Å²) in [5.74, 6) is -1.63. The predicted molar refractivity (Wildman–Crippen MR) is 74.9 cm³/mol. The van der Waals surface area contributed by atoms with Crippen molar-refractivity contribution in [3.63, 3.8) is 0 Å². The molecule has 110 valence electrons. The van der Waals surface area contributed by atoms with E-state index >= 15 is 0 Å². The van der Waals surface area contributed by atoms with Gasteiger partial charge in [-0.15, -0.1) is 0 Å². The molecule has 0 aliphatic heterocycles. The van der Waals surface area contributed by atoms with Gasteiger partial charge < -0.3 is 15.3 Å². The molecule has 0 spiro atoms. The molecule has 0 heterocycles. The van der Waals surface area contributed by atoms with E-state index in [1.54, 1.807) is 24.3 Å². The topological polar surface area (TPSA) is 104 Å². The van der Waals surface area contributed by atoms with E-state index in [1.165, 1.54) is 0 Å². The number of rotatable bonds is 7. The third kappa shape index (κ3) is 6.50. The van der Waals surface area contributed by atoms with Crippen molar-refractivity contribution in [2.45, 2.75) is 18.9 Å². The molecule has 7 heteroatoms. The highest BCUT2D eigenvalue weighted by molar-refractivity contribution is 7.57. The van der Waals surface area contributed by atoms with Gasteiger partial charge >= 0.3 is 5.97 Å². The lowest BCUT2D eigenvalue weighted by atomic mass is 10.1. The van der Waals surface area contributed by atoms with Crippen LogP contribution in [-0.2, 0) is 20.6 Å². The number of nitrogens with one attached hydrogen (secondary N) is 1. The highest BCUT2D eigenvalue weighted by Crippen LogP contribution is 2.35. The number of hydrogen-bond donors (Lipinski definition) is 3. The zero-order valence-electron chi connectivity index (χ0n) is 11.2. The molecule has 0 aromatic heterocycles. The molecule has 0 radical (unpaired) electrons. The maximum atomic E-state index is 11.7. The van der Waals surface area contributed by atoms with Crippen molar-refractivity contribution in [3.8, 4) is 0 Å². The summed E-state index contributed by atoms with van der Waals surface area (Å²) in [5.41, 5.74) is 0.775. The number of aliphatic carboxylic acids is 1. The predicted octanol–water partition coefficient (Wildman–Crippen LogP) is 1.09. The lowest BCUT2D eigenvalue weighted by Gasteiger charge is -2.15. The Kier molecular flexibility index (Phi) is 5.92. The molecule has 3 N–H and O–H groups in total. The minimum absolute atomic E-state index is 0.0693. The van der Waals surface area contributed by atoms with Gasteiger partial charge in [0.1, 0.15) is 6.04 Å². The van der Waals surface area contributed by atoms with Gasteiger partial charge in [0, 0.05) is 12.8 Å². The number of carbonyl (C=O) groups excluding carboxylic acids is 1. The third-order valence-corrected chi connectivity index (χ3v) is 3.76. The monoisotopic (exact) mass is 299 g/mol. The number of carboxylic acid groups (broad SMARTS) is 1. The molecule has 1 aromatic carbocycles. The molecule has 6 nitrogen and oxygen atoms in total. The van der Waals surface area contributed by atoms with Gasteiger partial charge in [-0.05, 0) is 12.0 Å². The Bertz CT molecular complexity index is 511. The van der Waals surface area contributed by atoms with Gasteiger partial charge in [-0.1, -0.05) is 30.3 Å². The molecule has 1 rings (SSSR count). The average Bonchev–Trinajstić information content (AvgIpc) is 2.34. The van der Waals surface area contributed by atoms with Crippen LogP contribution in [0.3, 0.4) is 0 Å². The molecule has 1 aromatic rings. The third-order valence-electron chi connectivity index (χ3n) is 2.67. The van der Waals surface area contributed by atoms with Crippen molar-refractivity contribution in [1.82, 2.24) is 5.32 Å². The molecule has 1 unspecified atom stereocenters. The first-order chi connectivity index (χ1) is 9.28. The smallest absolute Gasteiger partial charge is 0.326 e. The molecule has 0 saturated heterocycles. The Morgan fingerprint density at radius 2 is 1.90 bits per heavy atom. The second-order valence-electron chi connectivity index (χ2n) is 4.68. The highest BCUT2D eigenvalue weighted by atomic mass is 31.2. The van der Waals surface area contributed by atoms with Crippen LogP contribution in [0.1, 0.15) is 12.0 Å². The average molecular weight is 299 g/mol. The molecular formula is C13H18NO5P. The first-order valence-corrected chi connectivity index (χ1v) is 8.42. The van der Waals surface area contributed by atoms with Crippen LogP contribution in [0.15, 0.2) is 30.3 Å². The molecular weight excluding hydrogens is 281 g/mol. The fourth-order valence-corrected chi connectivity index (χ4v) is 2.39. The van der Waals surface area contributed by atoms with Crippen molar-refractivity contribution in [1.29, 1.82) is 0 Å². The van der Waals surface area contributed by atoms with Crippen molar-refractivity contribution in [2.75, 3.05) is 12.8 Å². The van der Waals surface area contributed by atoms with Gasteiger partial charge in [0.2, 0.25) is 5.91 Å². The summed E-state index contributed by atoms with van der Waals surface area (Å²) < 4.78 is 11.2. The van der Waals surface area contributed by atoms with Crippen molar-refractivity contribution >= 4 is 19.2 Å². The summed E-state index contributed by atoms with van der Waals surface area (Å²) in [6.45, 7) is 1.16. The Labute approximate surface area is 117 Å². The zero-order valence-corrected chi connectivity index (χ0v) is 12.0. The lowest BCUT2D eigenvalue weighted by Crippen LogP contribution is -2.42. The summed E-state index contributed by atoms with van der Waals surface area (Å²) in [6.07, 6.45) is -0.136. The Morgan fingerprint density at radius 1 is 1.30 bits per heavy atom. The fourth-order valence-electron chi connectivity index (χ4n) is 1.65. The van der Waals surface area contributed by atoms with E-state index in [2.05, 4.69) is 5.32 Å². The summed E-state index contributed by atoms with van der Waals surface area (Å²) in [7, 11) is -3.28. The number of amides is 1. The van der Waals surface area contributed by atoms with Crippen LogP contribution < -0.4 is 5.32 Å². The summed E-state index contributed by atoms with van der Waals surface area (Å²) in [5, 5.41) is 11.4. The van der Waals surface area contributed by atoms with Crippen LogP contribution in [-0.4, -0.2) is 40.7 Å². The van der Waals surface area contributed by atoms with Crippen LogP contribution in [0.5, 0.6) is 0 Å².